The Morgan fingerprint density at radius 3 is 2.33 bits per heavy atom. The first-order valence-corrected chi connectivity index (χ1v) is 8.41. The number of rotatable bonds is 4. The molecule has 0 aromatic heterocycles. The van der Waals surface area contributed by atoms with Crippen LogP contribution in [0.3, 0.4) is 0 Å². The second kappa shape index (κ2) is 6.82. The molecule has 0 spiro atoms. The molecule has 2 aromatic carbocycles. The van der Waals surface area contributed by atoms with Gasteiger partial charge in [0, 0.05) is 19.3 Å². The van der Waals surface area contributed by atoms with Gasteiger partial charge in [-0.15, -0.1) is 0 Å². The van der Waals surface area contributed by atoms with E-state index < -0.39 is 0 Å². The lowest BCUT2D eigenvalue weighted by Crippen LogP contribution is -2.39. The van der Waals surface area contributed by atoms with Crippen molar-refractivity contribution in [2.75, 3.05) is 18.6 Å². The van der Waals surface area contributed by atoms with Gasteiger partial charge in [0.25, 0.3) is 0 Å². The van der Waals surface area contributed by atoms with Gasteiger partial charge in [-0.25, -0.2) is 0 Å². The van der Waals surface area contributed by atoms with Gasteiger partial charge in [0.2, 0.25) is 0 Å². The molecule has 1 unspecified atom stereocenters. The number of ether oxygens (including phenoxy) is 1. The molecule has 0 bridgehead atoms. The molecular weight excluding hydrogens is 294 g/mol. The van der Waals surface area contributed by atoms with Crippen LogP contribution in [0.4, 0.5) is 5.69 Å². The summed E-state index contributed by atoms with van der Waals surface area (Å²) in [4.78, 5) is 2.48. The predicted octanol–water partition coefficient (Wildman–Crippen LogP) is 5.36. The average Bonchev–Trinajstić information content (AvgIpc) is 2.55. The lowest BCUT2D eigenvalue weighted by Gasteiger charge is -2.42. The molecular formula is C22H25NO. The molecule has 24 heavy (non-hydrogen) atoms. The molecule has 2 radical (unpaired) electrons. The number of hydrogen-bond donors (Lipinski definition) is 0. The molecule has 1 heterocycles. The molecule has 124 valence electrons. The van der Waals surface area contributed by atoms with Crippen molar-refractivity contribution in [1.82, 2.24) is 0 Å². The van der Waals surface area contributed by atoms with Gasteiger partial charge in [0.1, 0.15) is 0 Å². The van der Waals surface area contributed by atoms with E-state index in [1.807, 2.05) is 0 Å². The number of benzene rings is 2. The summed E-state index contributed by atoms with van der Waals surface area (Å²) in [7, 11) is 1.66. The Kier molecular flexibility index (Phi) is 4.77. The normalized spacial score (nSPS) is 17.4. The van der Waals surface area contributed by atoms with E-state index in [0.717, 1.165) is 12.1 Å². The van der Waals surface area contributed by atoms with E-state index in [4.69, 9.17) is 4.74 Å². The van der Waals surface area contributed by atoms with Crippen LogP contribution < -0.4 is 4.90 Å². The van der Waals surface area contributed by atoms with Crippen LogP contribution in [0.15, 0.2) is 60.2 Å². The Labute approximate surface area is 145 Å². The van der Waals surface area contributed by atoms with Gasteiger partial charge in [-0.1, -0.05) is 69.3 Å². The topological polar surface area (TPSA) is 12.5 Å². The number of hydrogen-bond acceptors (Lipinski definition) is 2. The van der Waals surface area contributed by atoms with Crippen molar-refractivity contribution in [2.45, 2.75) is 26.8 Å². The maximum absolute atomic E-state index is 5.28. The van der Waals surface area contributed by atoms with Crippen molar-refractivity contribution in [3.63, 3.8) is 0 Å². The fraction of sp³-hybridized carbons (Fsp3) is 0.318. The van der Waals surface area contributed by atoms with E-state index >= 15 is 0 Å². The summed E-state index contributed by atoms with van der Waals surface area (Å²) in [5.74, 6) is 0. The Bertz CT molecular complexity index is 712. The van der Waals surface area contributed by atoms with E-state index in [1.165, 1.54) is 16.8 Å². The molecule has 2 aromatic rings. The van der Waals surface area contributed by atoms with Crippen LogP contribution in [0, 0.1) is 12.0 Å². The second-order valence-corrected chi connectivity index (χ2v) is 7.47. The van der Waals surface area contributed by atoms with Gasteiger partial charge in [-0.3, -0.25) is 0 Å². The Hall–Kier alpha value is -2.06. The molecule has 0 aliphatic carbocycles. The first-order chi connectivity index (χ1) is 11.5. The summed E-state index contributed by atoms with van der Waals surface area (Å²) in [5, 5.41) is 0. The molecule has 1 atom stereocenters. The number of fused-ring (bicyclic) bond motifs is 1. The molecule has 0 N–H and O–H groups in total. The Balaban J connectivity index is 2.14. The minimum atomic E-state index is 0.111. The zero-order valence-electron chi connectivity index (χ0n) is 14.9. The van der Waals surface area contributed by atoms with E-state index in [9.17, 15) is 0 Å². The van der Waals surface area contributed by atoms with Crippen molar-refractivity contribution >= 4 is 11.8 Å². The zero-order valence-corrected chi connectivity index (χ0v) is 14.9. The quantitative estimate of drug-likeness (QED) is 0.752. The van der Waals surface area contributed by atoms with Gasteiger partial charge < -0.3 is 9.64 Å². The molecule has 1 aliphatic rings. The Morgan fingerprint density at radius 1 is 1.00 bits per heavy atom. The van der Waals surface area contributed by atoms with E-state index in [-0.39, 0.29) is 11.5 Å². The number of para-hydroxylation sites is 1. The van der Waals surface area contributed by atoms with Crippen molar-refractivity contribution in [3.05, 3.63) is 77.9 Å². The van der Waals surface area contributed by atoms with Gasteiger partial charge in [-0.2, -0.15) is 0 Å². The van der Waals surface area contributed by atoms with Gasteiger partial charge in [0.05, 0.1) is 6.04 Å². The van der Waals surface area contributed by atoms with E-state index in [2.05, 4.69) is 93.0 Å². The average molecular weight is 319 g/mol. The summed E-state index contributed by atoms with van der Waals surface area (Å²) in [6.45, 7) is 10.9. The minimum absolute atomic E-state index is 0.111. The fourth-order valence-corrected chi connectivity index (χ4v) is 3.31. The first kappa shape index (κ1) is 16.8. The molecule has 2 nitrogen and oxygen atoms in total. The Morgan fingerprint density at radius 2 is 1.67 bits per heavy atom. The monoisotopic (exact) mass is 319 g/mol. The molecule has 0 amide bonds. The van der Waals surface area contributed by atoms with Crippen molar-refractivity contribution in [3.8, 4) is 0 Å². The van der Waals surface area contributed by atoms with E-state index in [0.29, 0.717) is 0 Å². The summed E-state index contributed by atoms with van der Waals surface area (Å²) in [6.07, 6.45) is 2.19. The summed E-state index contributed by atoms with van der Waals surface area (Å²) in [6, 6.07) is 19.3. The second-order valence-electron chi connectivity index (χ2n) is 7.47. The third-order valence-electron chi connectivity index (χ3n) is 4.14. The first-order valence-electron chi connectivity index (χ1n) is 8.41. The minimum Gasteiger partial charge on any atom is -0.367 e. The third kappa shape index (κ3) is 3.54. The molecule has 0 saturated carbocycles. The standard InChI is InChI=1S/C22H25NO/c1-22(2,3)16-23-20-13-9-8-12-18(20)14-19(15-24-4)21(23)17-10-6-5-7-11-17/h5-14,21H,16H2,1-4H3. The van der Waals surface area contributed by atoms with Crippen molar-refractivity contribution < 1.29 is 4.74 Å². The fourth-order valence-electron chi connectivity index (χ4n) is 3.31. The number of nitrogens with zero attached hydrogens (tertiary/aromatic N) is 1. The van der Waals surface area contributed by atoms with Gasteiger partial charge in [0.15, 0.2) is 6.61 Å². The van der Waals surface area contributed by atoms with E-state index in [1.54, 1.807) is 7.11 Å². The zero-order chi connectivity index (χ0) is 17.2. The van der Waals surface area contributed by atoms with Crippen LogP contribution in [0.5, 0.6) is 0 Å². The van der Waals surface area contributed by atoms with Crippen LogP contribution in [-0.4, -0.2) is 13.7 Å². The molecule has 0 saturated heterocycles. The number of methoxy groups -OCH3 is 1. The highest BCUT2D eigenvalue weighted by Crippen LogP contribution is 2.43. The van der Waals surface area contributed by atoms with Crippen LogP contribution in [0.25, 0.3) is 6.08 Å². The predicted molar refractivity (Wildman–Crippen MR) is 101 cm³/mol. The van der Waals surface area contributed by atoms with Gasteiger partial charge >= 0.3 is 0 Å². The SMILES string of the molecule is CO[C]C1=Cc2ccccc2N(CC(C)(C)C)C1c1ccccc1. The van der Waals surface area contributed by atoms with Crippen molar-refractivity contribution in [2.24, 2.45) is 5.41 Å². The highest BCUT2D eigenvalue weighted by Gasteiger charge is 2.32. The third-order valence-corrected chi connectivity index (χ3v) is 4.14. The van der Waals surface area contributed by atoms with Crippen LogP contribution in [0.1, 0.15) is 37.9 Å². The number of anilines is 1. The molecule has 3 rings (SSSR count). The summed E-state index contributed by atoms with van der Waals surface area (Å²) < 4.78 is 5.28. The highest BCUT2D eigenvalue weighted by molar-refractivity contribution is 5.76. The van der Waals surface area contributed by atoms with Gasteiger partial charge in [-0.05, 0) is 34.3 Å². The highest BCUT2D eigenvalue weighted by atomic mass is 16.5. The van der Waals surface area contributed by atoms with Crippen LogP contribution in [-0.2, 0) is 4.74 Å². The maximum atomic E-state index is 5.28. The van der Waals surface area contributed by atoms with Crippen LogP contribution in [0.2, 0.25) is 0 Å². The van der Waals surface area contributed by atoms with Crippen LogP contribution >= 0.6 is 0 Å². The maximum Gasteiger partial charge on any atom is 0.164 e. The lowest BCUT2D eigenvalue weighted by atomic mass is 9.87. The lowest BCUT2D eigenvalue weighted by molar-refractivity contribution is 0.283. The summed E-state index contributed by atoms with van der Waals surface area (Å²) >= 11 is 0. The summed E-state index contributed by atoms with van der Waals surface area (Å²) in [5.41, 5.74) is 4.98. The largest absolute Gasteiger partial charge is 0.367 e. The van der Waals surface area contributed by atoms with Crippen molar-refractivity contribution in [1.29, 1.82) is 0 Å². The molecule has 2 heteroatoms. The molecule has 0 fully saturated rings. The molecule has 1 aliphatic heterocycles. The smallest absolute Gasteiger partial charge is 0.164 e.